The summed E-state index contributed by atoms with van der Waals surface area (Å²) >= 11 is 0. The number of nitrogens with one attached hydrogen (secondary N) is 1. The Hall–Kier alpha value is -1.91. The summed E-state index contributed by atoms with van der Waals surface area (Å²) in [6.07, 6.45) is 0. The first kappa shape index (κ1) is 11.6. The van der Waals surface area contributed by atoms with Crippen LogP contribution in [0.5, 0.6) is 11.5 Å². The molecule has 0 aliphatic carbocycles. The molecular weight excluding hydrogens is 220 g/mol. The molecule has 1 heterocycles. The molecule has 1 aromatic rings. The Kier molecular flexibility index (Phi) is 3.08. The number of ether oxygens (including phenoxy) is 2. The second kappa shape index (κ2) is 4.53. The lowest BCUT2D eigenvalue weighted by atomic mass is 10.1. The molecule has 17 heavy (non-hydrogen) atoms. The van der Waals surface area contributed by atoms with Crippen LogP contribution in [-0.4, -0.2) is 38.7 Å². The molecular formula is C12H16N2O3. The topological polar surface area (TPSA) is 50.8 Å². The molecule has 5 nitrogen and oxygen atoms in total. The van der Waals surface area contributed by atoms with Gasteiger partial charge in [-0.25, -0.2) is 4.79 Å². The monoisotopic (exact) mass is 236 g/mol. The molecule has 1 atom stereocenters. The normalized spacial score (nSPS) is 19.1. The zero-order valence-corrected chi connectivity index (χ0v) is 10.2. The zero-order valence-electron chi connectivity index (χ0n) is 10.2. The Labute approximate surface area is 100 Å². The number of hydrogen-bond donors (Lipinski definition) is 1. The Bertz CT molecular complexity index is 434. The highest BCUT2D eigenvalue weighted by Gasteiger charge is 2.29. The van der Waals surface area contributed by atoms with Crippen LogP contribution in [0.25, 0.3) is 0 Å². The summed E-state index contributed by atoms with van der Waals surface area (Å²) in [6.45, 7) is 0.627. The van der Waals surface area contributed by atoms with Crippen LogP contribution in [0.4, 0.5) is 4.79 Å². The van der Waals surface area contributed by atoms with Crippen LogP contribution < -0.4 is 14.8 Å². The lowest BCUT2D eigenvalue weighted by Crippen LogP contribution is -2.24. The third-order valence-corrected chi connectivity index (χ3v) is 2.91. The predicted octanol–water partition coefficient (Wildman–Crippen LogP) is 1.40. The summed E-state index contributed by atoms with van der Waals surface area (Å²) in [6, 6.07) is 5.45. The van der Waals surface area contributed by atoms with Gasteiger partial charge in [0.05, 0.1) is 20.3 Å². The third kappa shape index (κ3) is 2.13. The highest BCUT2D eigenvalue weighted by atomic mass is 16.5. The highest BCUT2D eigenvalue weighted by Crippen LogP contribution is 2.31. The van der Waals surface area contributed by atoms with Gasteiger partial charge in [-0.05, 0) is 18.2 Å². The quantitative estimate of drug-likeness (QED) is 0.863. The third-order valence-electron chi connectivity index (χ3n) is 2.91. The van der Waals surface area contributed by atoms with Crippen LogP contribution in [0, 0.1) is 0 Å². The lowest BCUT2D eigenvalue weighted by Gasteiger charge is -2.15. The second-order valence-electron chi connectivity index (χ2n) is 3.99. The summed E-state index contributed by atoms with van der Waals surface area (Å²) < 4.78 is 10.5. The number of carbonyl (C=O) groups excluding carboxylic acids is 1. The van der Waals surface area contributed by atoms with Crippen LogP contribution in [0.2, 0.25) is 0 Å². The number of hydrogen-bond acceptors (Lipinski definition) is 3. The van der Waals surface area contributed by atoms with E-state index >= 15 is 0 Å². The smallest absolute Gasteiger partial charge is 0.317 e. The van der Waals surface area contributed by atoms with Gasteiger partial charge in [0.2, 0.25) is 0 Å². The molecule has 0 aromatic heterocycles. The minimum Gasteiger partial charge on any atom is -0.497 e. The maximum absolute atomic E-state index is 11.5. The number of benzene rings is 1. The Morgan fingerprint density at radius 1 is 1.35 bits per heavy atom. The predicted molar refractivity (Wildman–Crippen MR) is 63.4 cm³/mol. The SMILES string of the molecule is COc1ccc(OC)c(C2CN(C)C(=O)N2)c1. The fourth-order valence-corrected chi connectivity index (χ4v) is 1.95. The van der Waals surface area contributed by atoms with E-state index in [1.54, 1.807) is 26.2 Å². The van der Waals surface area contributed by atoms with Crippen molar-refractivity contribution in [2.24, 2.45) is 0 Å². The van der Waals surface area contributed by atoms with E-state index in [0.717, 1.165) is 17.1 Å². The summed E-state index contributed by atoms with van der Waals surface area (Å²) in [5.41, 5.74) is 0.935. The molecule has 0 bridgehead atoms. The number of urea groups is 1. The molecule has 0 spiro atoms. The number of carbonyl (C=O) groups is 1. The van der Waals surface area contributed by atoms with Crippen molar-refractivity contribution in [3.8, 4) is 11.5 Å². The maximum Gasteiger partial charge on any atom is 0.317 e. The fourth-order valence-electron chi connectivity index (χ4n) is 1.95. The Morgan fingerprint density at radius 2 is 2.12 bits per heavy atom. The average Bonchev–Trinajstić information content (AvgIpc) is 2.68. The molecule has 1 aromatic carbocycles. The van der Waals surface area contributed by atoms with E-state index < -0.39 is 0 Å². The van der Waals surface area contributed by atoms with Crippen molar-refractivity contribution in [1.82, 2.24) is 10.2 Å². The van der Waals surface area contributed by atoms with Crippen molar-refractivity contribution < 1.29 is 14.3 Å². The van der Waals surface area contributed by atoms with Gasteiger partial charge in [0.15, 0.2) is 0 Å². The number of rotatable bonds is 3. The minimum atomic E-state index is -0.0696. The van der Waals surface area contributed by atoms with Crippen molar-refractivity contribution in [3.63, 3.8) is 0 Å². The molecule has 1 N–H and O–H groups in total. The van der Waals surface area contributed by atoms with Crippen molar-refractivity contribution in [2.75, 3.05) is 27.8 Å². The van der Waals surface area contributed by atoms with Crippen LogP contribution in [0.15, 0.2) is 18.2 Å². The van der Waals surface area contributed by atoms with E-state index in [2.05, 4.69) is 5.32 Å². The standard InChI is InChI=1S/C12H16N2O3/c1-14-7-10(13-12(14)15)9-6-8(16-2)4-5-11(9)17-3/h4-6,10H,7H2,1-3H3,(H,13,15). The van der Waals surface area contributed by atoms with Crippen molar-refractivity contribution in [1.29, 1.82) is 0 Å². The zero-order chi connectivity index (χ0) is 12.4. The molecule has 92 valence electrons. The molecule has 1 aliphatic heterocycles. The van der Waals surface area contributed by atoms with Gasteiger partial charge < -0.3 is 19.7 Å². The molecule has 1 fully saturated rings. The van der Waals surface area contributed by atoms with Crippen molar-refractivity contribution in [3.05, 3.63) is 23.8 Å². The van der Waals surface area contributed by atoms with Gasteiger partial charge in [0.1, 0.15) is 11.5 Å². The van der Waals surface area contributed by atoms with Gasteiger partial charge in [-0.1, -0.05) is 0 Å². The molecule has 1 aliphatic rings. The van der Waals surface area contributed by atoms with Crippen LogP contribution in [0.1, 0.15) is 11.6 Å². The van der Waals surface area contributed by atoms with Crippen molar-refractivity contribution in [2.45, 2.75) is 6.04 Å². The minimum absolute atomic E-state index is 0.0578. The number of likely N-dealkylation sites (N-methyl/N-ethyl adjacent to an activating group) is 1. The molecule has 0 radical (unpaired) electrons. The number of amides is 2. The molecule has 2 amide bonds. The van der Waals surface area contributed by atoms with E-state index in [1.807, 2.05) is 18.2 Å². The maximum atomic E-state index is 11.5. The molecule has 1 saturated heterocycles. The second-order valence-corrected chi connectivity index (χ2v) is 3.99. The van der Waals surface area contributed by atoms with Gasteiger partial charge >= 0.3 is 6.03 Å². The molecule has 0 saturated carbocycles. The first-order valence-electron chi connectivity index (χ1n) is 5.39. The summed E-state index contributed by atoms with van der Waals surface area (Å²) in [4.78, 5) is 13.1. The van der Waals surface area contributed by atoms with Gasteiger partial charge in [0.25, 0.3) is 0 Å². The Balaban J connectivity index is 2.33. The van der Waals surface area contributed by atoms with E-state index in [9.17, 15) is 4.79 Å². The molecule has 2 rings (SSSR count). The number of methoxy groups -OCH3 is 2. The van der Waals surface area contributed by atoms with E-state index in [1.165, 1.54) is 0 Å². The summed E-state index contributed by atoms with van der Waals surface area (Å²) in [7, 11) is 5.00. The van der Waals surface area contributed by atoms with Crippen LogP contribution in [0.3, 0.4) is 0 Å². The fraction of sp³-hybridized carbons (Fsp3) is 0.417. The van der Waals surface area contributed by atoms with Crippen molar-refractivity contribution >= 4 is 6.03 Å². The average molecular weight is 236 g/mol. The molecule has 5 heteroatoms. The van der Waals surface area contributed by atoms with E-state index in [0.29, 0.717) is 6.54 Å². The van der Waals surface area contributed by atoms with E-state index in [-0.39, 0.29) is 12.1 Å². The first-order valence-corrected chi connectivity index (χ1v) is 5.39. The molecule has 1 unspecified atom stereocenters. The summed E-state index contributed by atoms with van der Waals surface area (Å²) in [5, 5.41) is 2.90. The number of nitrogens with zero attached hydrogens (tertiary/aromatic N) is 1. The van der Waals surface area contributed by atoms with Gasteiger partial charge in [0, 0.05) is 19.2 Å². The highest BCUT2D eigenvalue weighted by molar-refractivity contribution is 5.77. The van der Waals surface area contributed by atoms with Crippen LogP contribution >= 0.6 is 0 Å². The Morgan fingerprint density at radius 3 is 2.65 bits per heavy atom. The first-order chi connectivity index (χ1) is 8.15. The van der Waals surface area contributed by atoms with Gasteiger partial charge in [-0.3, -0.25) is 0 Å². The van der Waals surface area contributed by atoms with Crippen LogP contribution in [-0.2, 0) is 0 Å². The summed E-state index contributed by atoms with van der Waals surface area (Å²) in [5.74, 6) is 1.51. The van der Waals surface area contributed by atoms with Gasteiger partial charge in [-0.15, -0.1) is 0 Å². The largest absolute Gasteiger partial charge is 0.497 e. The van der Waals surface area contributed by atoms with Gasteiger partial charge in [-0.2, -0.15) is 0 Å². The van der Waals surface area contributed by atoms with E-state index in [4.69, 9.17) is 9.47 Å². The lowest BCUT2D eigenvalue weighted by molar-refractivity contribution is 0.226.